The van der Waals surface area contributed by atoms with Crippen LogP contribution >= 0.6 is 0 Å². The second-order valence-electron chi connectivity index (χ2n) is 4.79. The van der Waals surface area contributed by atoms with Gasteiger partial charge in [0.25, 0.3) is 0 Å². The van der Waals surface area contributed by atoms with Gasteiger partial charge in [-0.15, -0.1) is 0 Å². The molecular weight excluding hydrogens is 252 g/mol. The first-order chi connectivity index (χ1) is 8.24. The predicted molar refractivity (Wildman–Crippen MR) is 69.1 cm³/mol. The standard InChI is InChI=1S/C12H16N2O3S/c1-14(11(15)12(13)7-8-12)9-3-5-10(6-4-9)18(2,16)17/h3-6H,7-8,13H2,1-2H3. The Hall–Kier alpha value is -1.40. The van der Waals surface area contributed by atoms with Crippen LogP contribution in [0, 0.1) is 0 Å². The van der Waals surface area contributed by atoms with E-state index in [2.05, 4.69) is 0 Å². The van der Waals surface area contributed by atoms with E-state index in [4.69, 9.17) is 5.73 Å². The molecule has 1 fully saturated rings. The van der Waals surface area contributed by atoms with Crippen molar-refractivity contribution in [1.29, 1.82) is 0 Å². The first-order valence-corrected chi connectivity index (χ1v) is 7.50. The monoisotopic (exact) mass is 268 g/mol. The van der Waals surface area contributed by atoms with Crippen molar-refractivity contribution in [2.75, 3.05) is 18.2 Å². The first-order valence-electron chi connectivity index (χ1n) is 5.61. The molecule has 2 N–H and O–H groups in total. The van der Waals surface area contributed by atoms with E-state index in [1.165, 1.54) is 17.0 Å². The largest absolute Gasteiger partial charge is 0.317 e. The van der Waals surface area contributed by atoms with E-state index >= 15 is 0 Å². The number of hydrogen-bond acceptors (Lipinski definition) is 4. The van der Waals surface area contributed by atoms with Gasteiger partial charge in [0.05, 0.1) is 10.4 Å². The van der Waals surface area contributed by atoms with Gasteiger partial charge < -0.3 is 10.6 Å². The van der Waals surface area contributed by atoms with Gasteiger partial charge in [-0.25, -0.2) is 8.42 Å². The molecule has 0 aliphatic heterocycles. The first kappa shape index (κ1) is 13.0. The minimum atomic E-state index is -3.21. The zero-order chi connectivity index (χ0) is 13.6. The van der Waals surface area contributed by atoms with Crippen molar-refractivity contribution in [1.82, 2.24) is 0 Å². The van der Waals surface area contributed by atoms with E-state index in [-0.39, 0.29) is 10.8 Å². The van der Waals surface area contributed by atoms with Crippen molar-refractivity contribution in [3.05, 3.63) is 24.3 Å². The second-order valence-corrected chi connectivity index (χ2v) is 6.80. The molecule has 0 atom stereocenters. The maximum atomic E-state index is 12.0. The number of sulfone groups is 1. The molecule has 0 unspecified atom stereocenters. The predicted octanol–water partition coefficient (Wildman–Crippen LogP) is 0.544. The number of nitrogens with two attached hydrogens (primary N) is 1. The molecule has 1 aromatic carbocycles. The molecule has 1 aliphatic rings. The second kappa shape index (κ2) is 4.07. The average molecular weight is 268 g/mol. The summed E-state index contributed by atoms with van der Waals surface area (Å²) in [5.74, 6) is -0.130. The van der Waals surface area contributed by atoms with Crippen LogP contribution in [0.1, 0.15) is 12.8 Å². The lowest BCUT2D eigenvalue weighted by Gasteiger charge is -2.21. The van der Waals surface area contributed by atoms with Crippen molar-refractivity contribution in [2.45, 2.75) is 23.3 Å². The Morgan fingerprint density at radius 3 is 2.17 bits per heavy atom. The number of anilines is 1. The third kappa shape index (κ3) is 2.39. The Kier molecular flexibility index (Phi) is 2.95. The molecule has 18 heavy (non-hydrogen) atoms. The minimum Gasteiger partial charge on any atom is -0.317 e. The summed E-state index contributed by atoms with van der Waals surface area (Å²) in [6.07, 6.45) is 2.56. The fourth-order valence-electron chi connectivity index (χ4n) is 1.72. The number of likely N-dealkylation sites (N-methyl/N-ethyl adjacent to an activating group) is 1. The molecule has 1 aliphatic carbocycles. The number of rotatable bonds is 3. The molecule has 98 valence electrons. The highest BCUT2D eigenvalue weighted by atomic mass is 32.2. The van der Waals surface area contributed by atoms with Crippen LogP contribution in [0.5, 0.6) is 0 Å². The number of amides is 1. The summed E-state index contributed by atoms with van der Waals surface area (Å²) in [5.41, 5.74) is 5.77. The van der Waals surface area contributed by atoms with Gasteiger partial charge in [0, 0.05) is 19.0 Å². The summed E-state index contributed by atoms with van der Waals surface area (Å²) >= 11 is 0. The van der Waals surface area contributed by atoms with E-state index in [1.807, 2.05) is 0 Å². The van der Waals surface area contributed by atoms with Crippen LogP contribution in [-0.2, 0) is 14.6 Å². The van der Waals surface area contributed by atoms with Crippen LogP contribution < -0.4 is 10.6 Å². The van der Waals surface area contributed by atoms with Crippen molar-refractivity contribution < 1.29 is 13.2 Å². The molecule has 1 saturated carbocycles. The van der Waals surface area contributed by atoms with Crippen LogP contribution in [0.15, 0.2) is 29.2 Å². The Morgan fingerprint density at radius 2 is 1.78 bits per heavy atom. The SMILES string of the molecule is CN(C(=O)C1(N)CC1)c1ccc(S(C)(=O)=O)cc1. The van der Waals surface area contributed by atoms with Crippen molar-refractivity contribution in [3.8, 4) is 0 Å². The van der Waals surface area contributed by atoms with Crippen molar-refractivity contribution in [3.63, 3.8) is 0 Å². The van der Waals surface area contributed by atoms with Gasteiger partial charge >= 0.3 is 0 Å². The van der Waals surface area contributed by atoms with Crippen molar-refractivity contribution in [2.24, 2.45) is 5.73 Å². The Morgan fingerprint density at radius 1 is 1.28 bits per heavy atom. The Labute approximate surface area is 107 Å². The molecule has 0 spiro atoms. The van der Waals surface area contributed by atoms with Gasteiger partial charge in [0.2, 0.25) is 5.91 Å². The number of benzene rings is 1. The van der Waals surface area contributed by atoms with E-state index in [0.717, 1.165) is 6.26 Å². The van der Waals surface area contributed by atoms with Crippen LogP contribution in [0.3, 0.4) is 0 Å². The van der Waals surface area contributed by atoms with Gasteiger partial charge in [-0.1, -0.05) is 0 Å². The quantitative estimate of drug-likeness (QED) is 0.867. The molecule has 5 nitrogen and oxygen atoms in total. The van der Waals surface area contributed by atoms with Gasteiger partial charge in [0.15, 0.2) is 9.84 Å². The van der Waals surface area contributed by atoms with Crippen LogP contribution in [0.25, 0.3) is 0 Å². The molecule has 1 amide bonds. The lowest BCUT2D eigenvalue weighted by atomic mass is 10.2. The van der Waals surface area contributed by atoms with Crippen molar-refractivity contribution >= 4 is 21.4 Å². The number of hydrogen-bond donors (Lipinski definition) is 1. The summed E-state index contributed by atoms with van der Waals surface area (Å²) < 4.78 is 22.6. The summed E-state index contributed by atoms with van der Waals surface area (Å²) in [6.45, 7) is 0. The number of nitrogens with zero attached hydrogens (tertiary/aromatic N) is 1. The van der Waals surface area contributed by atoms with E-state index in [9.17, 15) is 13.2 Å². The zero-order valence-electron chi connectivity index (χ0n) is 10.4. The summed E-state index contributed by atoms with van der Waals surface area (Å²) in [7, 11) is -1.57. The van der Waals surface area contributed by atoms with Gasteiger partial charge in [-0.2, -0.15) is 0 Å². The Bertz CT molecular complexity index is 574. The maximum absolute atomic E-state index is 12.0. The van der Waals surface area contributed by atoms with E-state index in [1.54, 1.807) is 19.2 Å². The van der Waals surface area contributed by atoms with E-state index < -0.39 is 15.4 Å². The third-order valence-electron chi connectivity index (χ3n) is 3.17. The highest BCUT2D eigenvalue weighted by Gasteiger charge is 2.47. The van der Waals surface area contributed by atoms with Crippen LogP contribution in [0.4, 0.5) is 5.69 Å². The maximum Gasteiger partial charge on any atom is 0.246 e. The van der Waals surface area contributed by atoms with Gasteiger partial charge in [0.1, 0.15) is 0 Å². The fraction of sp³-hybridized carbons (Fsp3) is 0.417. The number of carbonyl (C=O) groups is 1. The molecular formula is C12H16N2O3S. The molecule has 0 saturated heterocycles. The zero-order valence-corrected chi connectivity index (χ0v) is 11.2. The molecule has 1 aromatic rings. The van der Waals surface area contributed by atoms with Crippen LogP contribution in [-0.4, -0.2) is 33.2 Å². The molecule has 0 radical (unpaired) electrons. The van der Waals surface area contributed by atoms with E-state index in [0.29, 0.717) is 18.5 Å². The molecule has 6 heteroatoms. The molecule has 2 rings (SSSR count). The minimum absolute atomic E-state index is 0.130. The average Bonchev–Trinajstić information content (AvgIpc) is 3.06. The van der Waals surface area contributed by atoms with Gasteiger partial charge in [-0.05, 0) is 37.1 Å². The molecule has 0 heterocycles. The van der Waals surface area contributed by atoms with Crippen LogP contribution in [0.2, 0.25) is 0 Å². The smallest absolute Gasteiger partial charge is 0.246 e. The topological polar surface area (TPSA) is 80.5 Å². The number of carbonyl (C=O) groups excluding carboxylic acids is 1. The lowest BCUT2D eigenvalue weighted by molar-refractivity contribution is -0.120. The summed E-state index contributed by atoms with van der Waals surface area (Å²) in [4.78, 5) is 13.7. The summed E-state index contributed by atoms with van der Waals surface area (Å²) in [6, 6.07) is 6.20. The third-order valence-corrected chi connectivity index (χ3v) is 4.30. The lowest BCUT2D eigenvalue weighted by Crippen LogP contribution is -2.43. The normalized spacial score (nSPS) is 17.3. The van der Waals surface area contributed by atoms with Gasteiger partial charge in [-0.3, -0.25) is 4.79 Å². The molecule has 0 aromatic heterocycles. The Balaban J connectivity index is 2.22. The highest BCUT2D eigenvalue weighted by molar-refractivity contribution is 7.90. The molecule has 0 bridgehead atoms. The summed E-state index contributed by atoms with van der Waals surface area (Å²) in [5, 5.41) is 0. The fourth-order valence-corrected chi connectivity index (χ4v) is 2.35. The highest BCUT2D eigenvalue weighted by Crippen LogP contribution is 2.35.